The molecule has 1 aromatic rings. The Morgan fingerprint density at radius 3 is 2.75 bits per heavy atom. The second-order valence-corrected chi connectivity index (χ2v) is 3.73. The maximum Gasteiger partial charge on any atom is 0.307 e. The summed E-state index contributed by atoms with van der Waals surface area (Å²) in [4.78, 5) is 32.5. The third-order valence-corrected chi connectivity index (χ3v) is 2.33. The fourth-order valence-electron chi connectivity index (χ4n) is 1.41. The lowest BCUT2D eigenvalue weighted by atomic mass is 10.1. The van der Waals surface area contributed by atoms with Crippen molar-refractivity contribution in [2.24, 2.45) is 0 Å². The number of halogens is 1. The number of rotatable bonds is 6. The summed E-state index contributed by atoms with van der Waals surface area (Å²) in [5.74, 6) is -2.19. The van der Waals surface area contributed by atoms with Crippen molar-refractivity contribution in [1.82, 2.24) is 5.32 Å². The topological polar surface area (TPSA) is 98.5 Å². The van der Waals surface area contributed by atoms with Crippen LogP contribution in [0.4, 0.5) is 10.1 Å². The van der Waals surface area contributed by atoms with Gasteiger partial charge in [0.05, 0.1) is 23.5 Å². The summed E-state index contributed by atoms with van der Waals surface area (Å²) in [5, 5.41) is 12.8. The van der Waals surface area contributed by atoms with Crippen LogP contribution in [0.2, 0.25) is 0 Å². The number of amides is 1. The lowest BCUT2D eigenvalue weighted by Crippen LogP contribution is -2.27. The highest BCUT2D eigenvalue weighted by Gasteiger charge is 2.16. The average molecular weight is 284 g/mol. The number of nitro groups is 1. The maximum absolute atomic E-state index is 13.4. The van der Waals surface area contributed by atoms with E-state index in [2.05, 4.69) is 10.1 Å². The van der Waals surface area contributed by atoms with Crippen molar-refractivity contribution < 1.29 is 23.6 Å². The van der Waals surface area contributed by atoms with Gasteiger partial charge in [0.2, 0.25) is 0 Å². The Morgan fingerprint density at radius 1 is 1.45 bits per heavy atom. The van der Waals surface area contributed by atoms with E-state index in [1.54, 1.807) is 6.92 Å². The van der Waals surface area contributed by atoms with Crippen LogP contribution in [0.15, 0.2) is 18.2 Å². The number of nitrogens with zero attached hydrogens (tertiary/aromatic N) is 1. The van der Waals surface area contributed by atoms with Crippen LogP contribution in [0.5, 0.6) is 0 Å². The predicted octanol–water partition coefficient (Wildman–Crippen LogP) is 1.42. The molecule has 0 heterocycles. The van der Waals surface area contributed by atoms with E-state index >= 15 is 0 Å². The van der Waals surface area contributed by atoms with E-state index in [1.165, 1.54) is 0 Å². The van der Waals surface area contributed by atoms with Gasteiger partial charge in [-0.25, -0.2) is 4.39 Å². The Hall–Kier alpha value is -2.51. The Bertz CT molecular complexity index is 533. The molecule has 1 amide bonds. The first-order valence-electron chi connectivity index (χ1n) is 5.83. The van der Waals surface area contributed by atoms with Crippen molar-refractivity contribution in [2.45, 2.75) is 13.3 Å². The molecule has 0 aliphatic heterocycles. The summed E-state index contributed by atoms with van der Waals surface area (Å²) in [6, 6.07) is 2.65. The molecule has 0 fully saturated rings. The van der Waals surface area contributed by atoms with E-state index in [1.807, 2.05) is 0 Å². The Morgan fingerprint density at radius 2 is 2.15 bits per heavy atom. The van der Waals surface area contributed by atoms with Crippen molar-refractivity contribution in [3.8, 4) is 0 Å². The summed E-state index contributed by atoms with van der Waals surface area (Å²) in [6.07, 6.45) is -0.0594. The molecule has 0 saturated carbocycles. The minimum absolute atomic E-state index is 0.0419. The number of esters is 1. The van der Waals surface area contributed by atoms with E-state index in [9.17, 15) is 24.1 Å². The highest BCUT2D eigenvalue weighted by atomic mass is 19.1. The van der Waals surface area contributed by atoms with Gasteiger partial charge >= 0.3 is 5.97 Å². The van der Waals surface area contributed by atoms with Crippen LogP contribution in [0.1, 0.15) is 23.7 Å². The summed E-state index contributed by atoms with van der Waals surface area (Å²) in [5.41, 5.74) is -0.829. The number of nitro benzene ring substituents is 1. The Kier molecular flexibility index (Phi) is 5.57. The number of carbonyl (C=O) groups excluding carboxylic acids is 2. The number of benzene rings is 1. The van der Waals surface area contributed by atoms with Crippen molar-refractivity contribution in [3.63, 3.8) is 0 Å². The molecule has 0 aliphatic rings. The zero-order valence-electron chi connectivity index (χ0n) is 10.7. The highest BCUT2D eigenvalue weighted by molar-refractivity contribution is 5.95. The van der Waals surface area contributed by atoms with Gasteiger partial charge in [0.25, 0.3) is 11.6 Å². The smallest absolute Gasteiger partial charge is 0.307 e. The number of nitrogens with one attached hydrogen (secondary N) is 1. The lowest BCUT2D eigenvalue weighted by Gasteiger charge is -2.06. The zero-order valence-corrected chi connectivity index (χ0v) is 10.7. The Balaban J connectivity index is 2.65. The standard InChI is InChI=1S/C12H13FN2O5/c1-2-20-11(16)5-6-14-12(17)9-7-8(15(18)19)3-4-10(9)13/h3-4,7H,2,5-6H2,1H3,(H,14,17). The van der Waals surface area contributed by atoms with Gasteiger partial charge in [-0.1, -0.05) is 0 Å². The number of carbonyl (C=O) groups is 2. The molecule has 8 heteroatoms. The molecule has 1 aromatic carbocycles. The molecule has 1 N–H and O–H groups in total. The van der Waals surface area contributed by atoms with Crippen molar-refractivity contribution in [1.29, 1.82) is 0 Å². The van der Waals surface area contributed by atoms with Crippen molar-refractivity contribution in [3.05, 3.63) is 39.7 Å². The van der Waals surface area contributed by atoms with Gasteiger partial charge in [-0.05, 0) is 13.0 Å². The number of hydrogen-bond acceptors (Lipinski definition) is 5. The third kappa shape index (κ3) is 4.30. The van der Waals surface area contributed by atoms with Crippen molar-refractivity contribution >= 4 is 17.6 Å². The van der Waals surface area contributed by atoms with Crippen LogP contribution in [-0.4, -0.2) is 30.0 Å². The van der Waals surface area contributed by atoms with Crippen LogP contribution < -0.4 is 5.32 Å². The second kappa shape index (κ2) is 7.17. The van der Waals surface area contributed by atoms with Crippen molar-refractivity contribution in [2.75, 3.05) is 13.2 Å². The van der Waals surface area contributed by atoms with E-state index < -0.39 is 28.2 Å². The normalized spacial score (nSPS) is 9.90. The first kappa shape index (κ1) is 15.5. The van der Waals surface area contributed by atoms with Crippen LogP contribution in [0.25, 0.3) is 0 Å². The minimum atomic E-state index is -0.871. The summed E-state index contributed by atoms with van der Waals surface area (Å²) in [7, 11) is 0. The zero-order chi connectivity index (χ0) is 15.1. The second-order valence-electron chi connectivity index (χ2n) is 3.73. The van der Waals surface area contributed by atoms with Gasteiger partial charge < -0.3 is 10.1 Å². The highest BCUT2D eigenvalue weighted by Crippen LogP contribution is 2.16. The molecule has 20 heavy (non-hydrogen) atoms. The molecule has 0 spiro atoms. The van der Waals surface area contributed by atoms with E-state index in [0.717, 1.165) is 18.2 Å². The van der Waals surface area contributed by atoms with E-state index in [4.69, 9.17) is 0 Å². The van der Waals surface area contributed by atoms with Crippen LogP contribution in [0.3, 0.4) is 0 Å². The third-order valence-electron chi connectivity index (χ3n) is 2.33. The van der Waals surface area contributed by atoms with Crippen LogP contribution >= 0.6 is 0 Å². The molecular weight excluding hydrogens is 271 g/mol. The predicted molar refractivity (Wildman–Crippen MR) is 66.6 cm³/mol. The largest absolute Gasteiger partial charge is 0.466 e. The van der Waals surface area contributed by atoms with E-state index in [-0.39, 0.29) is 25.3 Å². The number of non-ortho nitro benzene ring substituents is 1. The maximum atomic E-state index is 13.4. The summed E-state index contributed by atoms with van der Waals surface area (Å²) >= 11 is 0. The van der Waals surface area contributed by atoms with Gasteiger partial charge in [0.1, 0.15) is 5.82 Å². The van der Waals surface area contributed by atoms with Gasteiger partial charge in [-0.15, -0.1) is 0 Å². The molecule has 0 radical (unpaired) electrons. The minimum Gasteiger partial charge on any atom is -0.466 e. The van der Waals surface area contributed by atoms with Gasteiger partial charge in [0, 0.05) is 18.7 Å². The van der Waals surface area contributed by atoms with E-state index in [0.29, 0.717) is 0 Å². The monoisotopic (exact) mass is 284 g/mol. The SMILES string of the molecule is CCOC(=O)CCNC(=O)c1cc([N+](=O)[O-])ccc1F. The molecule has 0 bridgehead atoms. The van der Waals surface area contributed by atoms with Gasteiger partial charge in [-0.2, -0.15) is 0 Å². The molecule has 108 valence electrons. The first-order valence-corrected chi connectivity index (χ1v) is 5.83. The van der Waals surface area contributed by atoms with Crippen LogP contribution in [-0.2, 0) is 9.53 Å². The molecule has 1 rings (SSSR count). The molecule has 0 aliphatic carbocycles. The molecule has 0 unspecified atom stereocenters. The fourth-order valence-corrected chi connectivity index (χ4v) is 1.41. The molecule has 0 saturated heterocycles. The van der Waals surface area contributed by atoms with Gasteiger partial charge in [-0.3, -0.25) is 19.7 Å². The number of ether oxygens (including phenoxy) is 1. The average Bonchev–Trinajstić information content (AvgIpc) is 2.39. The molecular formula is C12H13FN2O5. The summed E-state index contributed by atoms with van der Waals surface area (Å²) < 4.78 is 18.1. The lowest BCUT2D eigenvalue weighted by molar-refractivity contribution is -0.384. The fraction of sp³-hybridized carbons (Fsp3) is 0.333. The van der Waals surface area contributed by atoms with Gasteiger partial charge in [0.15, 0.2) is 0 Å². The Labute approximate surface area is 113 Å². The molecule has 0 atom stereocenters. The molecule has 7 nitrogen and oxygen atoms in total. The quantitative estimate of drug-likeness (QED) is 0.484. The van der Waals surface area contributed by atoms with Crippen LogP contribution in [0, 0.1) is 15.9 Å². The molecule has 0 aromatic heterocycles. The number of hydrogen-bond donors (Lipinski definition) is 1. The first-order chi connectivity index (χ1) is 9.45. The summed E-state index contributed by atoms with van der Waals surface area (Å²) in [6.45, 7) is 1.83.